The Morgan fingerprint density at radius 1 is 0.846 bits per heavy atom. The van der Waals surface area contributed by atoms with Crippen molar-refractivity contribution in [3.05, 3.63) is 60.2 Å². The van der Waals surface area contributed by atoms with Crippen LogP contribution >= 0.6 is 0 Å². The van der Waals surface area contributed by atoms with Gasteiger partial charge in [0.2, 0.25) is 5.91 Å². The quantitative estimate of drug-likeness (QED) is 0.822. The molecule has 2 aliphatic rings. The Kier molecular flexibility index (Phi) is 4.74. The Morgan fingerprint density at radius 2 is 1.54 bits per heavy atom. The van der Waals surface area contributed by atoms with Gasteiger partial charge in [-0.05, 0) is 61.3 Å². The molecule has 2 fully saturated rings. The van der Waals surface area contributed by atoms with Gasteiger partial charge in [-0.1, -0.05) is 36.8 Å². The van der Waals surface area contributed by atoms with Crippen molar-refractivity contribution in [1.29, 1.82) is 0 Å². The van der Waals surface area contributed by atoms with E-state index in [1.165, 1.54) is 25.7 Å². The van der Waals surface area contributed by atoms with Crippen molar-refractivity contribution in [1.82, 2.24) is 0 Å². The number of nitrogens with one attached hydrogen (secondary N) is 2. The third-order valence-corrected chi connectivity index (χ3v) is 5.82. The van der Waals surface area contributed by atoms with E-state index in [1.807, 2.05) is 42.5 Å². The van der Waals surface area contributed by atoms with Gasteiger partial charge in [0.15, 0.2) is 0 Å². The van der Waals surface area contributed by atoms with Crippen LogP contribution in [0.15, 0.2) is 54.6 Å². The fourth-order valence-electron chi connectivity index (χ4n) is 4.55. The van der Waals surface area contributed by atoms with Crippen molar-refractivity contribution < 1.29 is 9.59 Å². The average molecular weight is 348 g/mol. The summed E-state index contributed by atoms with van der Waals surface area (Å²) < 4.78 is 0. The van der Waals surface area contributed by atoms with Gasteiger partial charge in [-0.15, -0.1) is 0 Å². The fraction of sp³-hybridized carbons (Fsp3) is 0.364. The van der Waals surface area contributed by atoms with E-state index in [-0.39, 0.29) is 11.8 Å². The van der Waals surface area contributed by atoms with Crippen molar-refractivity contribution in [2.24, 2.45) is 17.8 Å². The Labute approximate surface area is 154 Å². The fourth-order valence-corrected chi connectivity index (χ4v) is 4.55. The predicted molar refractivity (Wildman–Crippen MR) is 103 cm³/mol. The van der Waals surface area contributed by atoms with Crippen molar-refractivity contribution in [3.63, 3.8) is 0 Å². The number of benzene rings is 2. The lowest BCUT2D eigenvalue weighted by atomic mass is 9.86. The summed E-state index contributed by atoms with van der Waals surface area (Å²) in [6.07, 6.45) is 5.72. The highest BCUT2D eigenvalue weighted by Crippen LogP contribution is 2.49. The van der Waals surface area contributed by atoms with Crippen LogP contribution in [0.2, 0.25) is 0 Å². The van der Waals surface area contributed by atoms with Crippen LogP contribution in [0.4, 0.5) is 11.4 Å². The minimum atomic E-state index is -0.180. The van der Waals surface area contributed by atoms with Crippen molar-refractivity contribution in [2.75, 3.05) is 10.6 Å². The van der Waals surface area contributed by atoms with Gasteiger partial charge in [-0.3, -0.25) is 9.59 Å². The van der Waals surface area contributed by atoms with E-state index in [1.54, 1.807) is 12.1 Å². The molecule has 0 spiro atoms. The van der Waals surface area contributed by atoms with Gasteiger partial charge in [0, 0.05) is 12.0 Å². The van der Waals surface area contributed by atoms with Crippen LogP contribution in [0.1, 0.15) is 42.5 Å². The highest BCUT2D eigenvalue weighted by molar-refractivity contribution is 6.07. The number of amides is 2. The molecule has 2 saturated carbocycles. The average Bonchev–Trinajstić information content (AvgIpc) is 3.27. The maximum atomic E-state index is 12.5. The number of hydrogen-bond acceptors (Lipinski definition) is 2. The lowest BCUT2D eigenvalue weighted by Crippen LogP contribution is -2.21. The molecule has 4 rings (SSSR count). The molecule has 2 bridgehead atoms. The van der Waals surface area contributed by atoms with E-state index in [2.05, 4.69) is 10.6 Å². The second kappa shape index (κ2) is 7.32. The first-order valence-corrected chi connectivity index (χ1v) is 9.44. The van der Waals surface area contributed by atoms with E-state index >= 15 is 0 Å². The summed E-state index contributed by atoms with van der Waals surface area (Å²) in [5.41, 5.74) is 1.88. The summed E-state index contributed by atoms with van der Waals surface area (Å²) in [5.74, 6) is 1.97. The maximum absolute atomic E-state index is 12.5. The van der Waals surface area contributed by atoms with Crippen LogP contribution in [0, 0.1) is 17.8 Å². The highest BCUT2D eigenvalue weighted by atomic mass is 16.2. The van der Waals surface area contributed by atoms with Gasteiger partial charge in [0.25, 0.3) is 5.91 Å². The molecule has 0 aliphatic heterocycles. The minimum Gasteiger partial charge on any atom is -0.324 e. The maximum Gasteiger partial charge on any atom is 0.255 e. The predicted octanol–water partition coefficient (Wildman–Crippen LogP) is 4.70. The Bertz CT molecular complexity index is 803. The number of rotatable bonds is 5. The number of carbonyl (C=O) groups excluding carboxylic acids is 2. The molecule has 2 aromatic carbocycles. The van der Waals surface area contributed by atoms with Crippen LogP contribution in [0.25, 0.3) is 0 Å². The Hall–Kier alpha value is -2.62. The first-order chi connectivity index (χ1) is 12.7. The third kappa shape index (κ3) is 3.64. The summed E-state index contributed by atoms with van der Waals surface area (Å²) in [5, 5.41) is 5.90. The second-order valence-electron chi connectivity index (χ2n) is 7.55. The minimum absolute atomic E-state index is 0.0453. The molecule has 0 radical (unpaired) electrons. The van der Waals surface area contributed by atoms with Crippen molar-refractivity contribution in [3.8, 4) is 0 Å². The highest BCUT2D eigenvalue weighted by Gasteiger charge is 2.40. The van der Waals surface area contributed by atoms with Crippen molar-refractivity contribution >= 4 is 23.2 Å². The molecule has 2 amide bonds. The standard InChI is InChI=1S/C22H24N2O2/c25-21(14-18-13-15-10-11-17(18)12-15)23-19-8-4-5-9-20(19)24-22(26)16-6-2-1-3-7-16/h1-9,15,17-18H,10-14H2,(H,23,25)(H,24,26). The zero-order valence-corrected chi connectivity index (χ0v) is 14.8. The third-order valence-electron chi connectivity index (χ3n) is 5.82. The molecule has 2 N–H and O–H groups in total. The van der Waals surface area contributed by atoms with Gasteiger partial charge < -0.3 is 10.6 Å². The number of anilines is 2. The molecular formula is C22H24N2O2. The van der Waals surface area contributed by atoms with Crippen molar-refractivity contribution in [2.45, 2.75) is 32.1 Å². The molecule has 4 heteroatoms. The molecule has 2 aromatic rings. The summed E-state index contributed by atoms with van der Waals surface area (Å²) in [6, 6.07) is 16.4. The zero-order valence-electron chi connectivity index (χ0n) is 14.8. The molecule has 0 heterocycles. The van der Waals surface area contributed by atoms with Crippen LogP contribution in [-0.2, 0) is 4.79 Å². The Balaban J connectivity index is 1.41. The van der Waals surface area contributed by atoms with Gasteiger partial charge in [0.05, 0.1) is 11.4 Å². The van der Waals surface area contributed by atoms with Crippen LogP contribution in [0.5, 0.6) is 0 Å². The molecule has 2 aliphatic carbocycles. The number of para-hydroxylation sites is 2. The largest absolute Gasteiger partial charge is 0.324 e. The van der Waals surface area contributed by atoms with E-state index in [0.717, 1.165) is 11.8 Å². The summed E-state index contributed by atoms with van der Waals surface area (Å²) in [7, 11) is 0. The van der Waals surface area contributed by atoms with E-state index in [0.29, 0.717) is 29.3 Å². The van der Waals surface area contributed by atoms with Gasteiger partial charge in [-0.25, -0.2) is 0 Å². The zero-order chi connectivity index (χ0) is 17.9. The van der Waals surface area contributed by atoms with Gasteiger partial charge >= 0.3 is 0 Å². The molecule has 0 aromatic heterocycles. The lowest BCUT2D eigenvalue weighted by Gasteiger charge is -2.21. The van der Waals surface area contributed by atoms with E-state index in [4.69, 9.17) is 0 Å². The van der Waals surface area contributed by atoms with Crippen LogP contribution in [0.3, 0.4) is 0 Å². The molecule has 4 nitrogen and oxygen atoms in total. The van der Waals surface area contributed by atoms with Gasteiger partial charge in [-0.2, -0.15) is 0 Å². The first-order valence-electron chi connectivity index (χ1n) is 9.44. The summed E-state index contributed by atoms with van der Waals surface area (Å²) >= 11 is 0. The number of hydrogen-bond donors (Lipinski definition) is 2. The van der Waals surface area contributed by atoms with E-state index in [9.17, 15) is 9.59 Å². The first kappa shape index (κ1) is 16.8. The van der Waals surface area contributed by atoms with Gasteiger partial charge in [0.1, 0.15) is 0 Å². The molecule has 3 unspecified atom stereocenters. The smallest absolute Gasteiger partial charge is 0.255 e. The molecule has 26 heavy (non-hydrogen) atoms. The number of fused-ring (bicyclic) bond motifs is 2. The SMILES string of the molecule is O=C(CC1CC2CCC1C2)Nc1ccccc1NC(=O)c1ccccc1. The van der Waals surface area contributed by atoms with Crippen LogP contribution < -0.4 is 10.6 Å². The molecule has 3 atom stereocenters. The lowest BCUT2D eigenvalue weighted by molar-refractivity contribution is -0.117. The normalized spacial score (nSPS) is 23.6. The summed E-state index contributed by atoms with van der Waals surface area (Å²) in [4.78, 5) is 24.9. The number of carbonyl (C=O) groups is 2. The van der Waals surface area contributed by atoms with E-state index < -0.39 is 0 Å². The molecule has 0 saturated heterocycles. The molecular weight excluding hydrogens is 324 g/mol. The topological polar surface area (TPSA) is 58.2 Å². The molecule has 134 valence electrons. The van der Waals surface area contributed by atoms with Crippen LogP contribution in [-0.4, -0.2) is 11.8 Å². The summed E-state index contributed by atoms with van der Waals surface area (Å²) in [6.45, 7) is 0. The monoisotopic (exact) mass is 348 g/mol. The Morgan fingerprint density at radius 3 is 2.19 bits per heavy atom. The second-order valence-corrected chi connectivity index (χ2v) is 7.55.